The Labute approximate surface area is 424 Å². The molecule has 0 bridgehead atoms. The first-order valence-electron chi connectivity index (χ1n) is 30.2. The first-order valence-corrected chi connectivity index (χ1v) is 30.2. The first kappa shape index (κ1) is 65.9. The number of rotatable bonds is 56. The van der Waals surface area contributed by atoms with E-state index in [0.29, 0.717) is 19.4 Å². The highest BCUT2D eigenvalue weighted by molar-refractivity contribution is 5.70. The summed E-state index contributed by atoms with van der Waals surface area (Å²) < 4.78 is 17.5. The second-order valence-electron chi connectivity index (χ2n) is 20.3. The lowest BCUT2D eigenvalue weighted by molar-refractivity contribution is -0.163. The minimum atomic E-state index is -0.540. The molecule has 0 fully saturated rings. The number of ether oxygens (including phenoxy) is 3. The standard InChI is InChI=1S/C63H116O5/c1-4-7-10-13-16-19-22-25-28-31-32-34-36-39-42-45-48-51-54-57-63(65)68-61(59-66-58-55-52-49-46-43-40-37-30-27-24-21-18-15-12-9-6-3)60-67-62(64)56-53-50-47-44-41-38-35-33-29-26-23-20-17-14-11-8-5-2/h16-17,19-20,25-26,28-29,61H,4-15,18,21-24,27,30-60H2,1-3H3/b19-16-,20-17-,28-25-,29-26-/t61-/m1/s1. The van der Waals surface area contributed by atoms with Crippen LogP contribution in [0.1, 0.15) is 316 Å². The summed E-state index contributed by atoms with van der Waals surface area (Å²) >= 11 is 0. The SMILES string of the molecule is CCCCC/C=C\C/C=C\CCCCCCCCCCCC(=O)O[C@H](COCCCCCCCCCCCCCCCCCC)COC(=O)CCCCCCCCC/C=C\C/C=C\CCCCC. The van der Waals surface area contributed by atoms with Crippen LogP contribution >= 0.6 is 0 Å². The summed E-state index contributed by atoms with van der Waals surface area (Å²) in [5.41, 5.74) is 0. The van der Waals surface area contributed by atoms with E-state index in [0.717, 1.165) is 51.4 Å². The van der Waals surface area contributed by atoms with Gasteiger partial charge in [-0.15, -0.1) is 0 Å². The lowest BCUT2D eigenvalue weighted by Gasteiger charge is -2.18. The molecule has 0 radical (unpaired) electrons. The number of esters is 2. The summed E-state index contributed by atoms with van der Waals surface area (Å²) in [6.07, 6.45) is 74.2. The van der Waals surface area contributed by atoms with Gasteiger partial charge in [0.25, 0.3) is 0 Å². The van der Waals surface area contributed by atoms with Gasteiger partial charge in [0, 0.05) is 19.4 Å². The smallest absolute Gasteiger partial charge is 0.306 e. The van der Waals surface area contributed by atoms with Crippen molar-refractivity contribution in [1.29, 1.82) is 0 Å². The molecule has 0 aliphatic carbocycles. The van der Waals surface area contributed by atoms with Crippen molar-refractivity contribution in [2.24, 2.45) is 0 Å². The van der Waals surface area contributed by atoms with Crippen LogP contribution in [0.3, 0.4) is 0 Å². The minimum absolute atomic E-state index is 0.0834. The van der Waals surface area contributed by atoms with Gasteiger partial charge < -0.3 is 14.2 Å². The normalized spacial score (nSPS) is 12.5. The fourth-order valence-electron chi connectivity index (χ4n) is 8.81. The zero-order chi connectivity index (χ0) is 49.2. The Kier molecular flexibility index (Phi) is 57.3. The van der Waals surface area contributed by atoms with Crippen LogP contribution in [-0.2, 0) is 23.8 Å². The molecule has 0 heterocycles. The molecule has 0 saturated carbocycles. The molecule has 0 amide bonds. The molecule has 0 saturated heterocycles. The topological polar surface area (TPSA) is 61.8 Å². The molecule has 1 atom stereocenters. The van der Waals surface area contributed by atoms with E-state index in [1.807, 2.05) is 0 Å². The average molecular weight is 954 g/mol. The highest BCUT2D eigenvalue weighted by Crippen LogP contribution is 2.16. The van der Waals surface area contributed by atoms with Crippen molar-refractivity contribution in [1.82, 2.24) is 0 Å². The van der Waals surface area contributed by atoms with E-state index < -0.39 is 6.10 Å². The monoisotopic (exact) mass is 953 g/mol. The van der Waals surface area contributed by atoms with Gasteiger partial charge in [0.05, 0.1) is 6.61 Å². The second-order valence-corrected chi connectivity index (χ2v) is 20.3. The van der Waals surface area contributed by atoms with Crippen molar-refractivity contribution < 1.29 is 23.8 Å². The zero-order valence-corrected chi connectivity index (χ0v) is 45.9. The predicted octanol–water partition coefficient (Wildman–Crippen LogP) is 20.7. The van der Waals surface area contributed by atoms with Gasteiger partial charge in [-0.2, -0.15) is 0 Å². The van der Waals surface area contributed by atoms with Crippen molar-refractivity contribution in [2.45, 2.75) is 322 Å². The largest absolute Gasteiger partial charge is 0.462 e. The first-order chi connectivity index (χ1) is 33.6. The molecule has 0 aromatic carbocycles. The third-order valence-corrected chi connectivity index (χ3v) is 13.3. The maximum absolute atomic E-state index is 12.9. The van der Waals surface area contributed by atoms with Crippen LogP contribution < -0.4 is 0 Å². The van der Waals surface area contributed by atoms with Crippen molar-refractivity contribution in [2.75, 3.05) is 19.8 Å². The highest BCUT2D eigenvalue weighted by Gasteiger charge is 2.17. The van der Waals surface area contributed by atoms with Crippen molar-refractivity contribution in [3.05, 3.63) is 48.6 Å². The zero-order valence-electron chi connectivity index (χ0n) is 45.9. The molecule has 0 aliphatic heterocycles. The number of allylic oxidation sites excluding steroid dienone is 8. The molecule has 398 valence electrons. The van der Waals surface area contributed by atoms with Gasteiger partial charge in [0.1, 0.15) is 6.61 Å². The van der Waals surface area contributed by atoms with E-state index >= 15 is 0 Å². The minimum Gasteiger partial charge on any atom is -0.462 e. The summed E-state index contributed by atoms with van der Waals surface area (Å²) in [5.74, 6) is -0.393. The van der Waals surface area contributed by atoms with Crippen LogP contribution in [0.5, 0.6) is 0 Å². The van der Waals surface area contributed by atoms with E-state index in [9.17, 15) is 9.59 Å². The summed E-state index contributed by atoms with van der Waals surface area (Å²) in [5, 5.41) is 0. The van der Waals surface area contributed by atoms with Crippen LogP contribution in [0.4, 0.5) is 0 Å². The molecule has 0 N–H and O–H groups in total. The van der Waals surface area contributed by atoms with Gasteiger partial charge in [-0.3, -0.25) is 9.59 Å². The van der Waals surface area contributed by atoms with Crippen molar-refractivity contribution >= 4 is 11.9 Å². The predicted molar refractivity (Wildman–Crippen MR) is 298 cm³/mol. The molecule has 0 aromatic rings. The fraction of sp³-hybridized carbons (Fsp3) is 0.841. The Bertz CT molecular complexity index is 1120. The molecule has 0 unspecified atom stereocenters. The van der Waals surface area contributed by atoms with E-state index in [4.69, 9.17) is 14.2 Å². The number of hydrogen-bond donors (Lipinski definition) is 0. The molecular formula is C63H116O5. The number of hydrogen-bond acceptors (Lipinski definition) is 5. The maximum Gasteiger partial charge on any atom is 0.306 e. The Balaban J connectivity index is 4.26. The quantitative estimate of drug-likeness (QED) is 0.0345. The Hall–Kier alpha value is -2.14. The van der Waals surface area contributed by atoms with Crippen LogP contribution in [-0.4, -0.2) is 37.9 Å². The van der Waals surface area contributed by atoms with E-state index in [2.05, 4.69) is 69.4 Å². The van der Waals surface area contributed by atoms with Crippen molar-refractivity contribution in [3.8, 4) is 0 Å². The highest BCUT2D eigenvalue weighted by atomic mass is 16.6. The molecule has 0 rings (SSSR count). The third kappa shape index (κ3) is 56.4. The van der Waals surface area contributed by atoms with E-state index in [-0.39, 0.29) is 25.2 Å². The van der Waals surface area contributed by atoms with Gasteiger partial charge in [-0.1, -0.05) is 268 Å². The summed E-state index contributed by atoms with van der Waals surface area (Å²) in [4.78, 5) is 25.6. The van der Waals surface area contributed by atoms with Gasteiger partial charge in [0.15, 0.2) is 6.10 Å². The number of carbonyl (C=O) groups excluding carboxylic acids is 2. The average Bonchev–Trinajstić information content (AvgIpc) is 3.34. The number of carbonyl (C=O) groups is 2. The third-order valence-electron chi connectivity index (χ3n) is 13.3. The molecule has 0 aromatic heterocycles. The van der Waals surface area contributed by atoms with Crippen molar-refractivity contribution in [3.63, 3.8) is 0 Å². The molecule has 0 aliphatic rings. The second kappa shape index (κ2) is 59.2. The van der Waals surface area contributed by atoms with Crippen LogP contribution in [0, 0.1) is 0 Å². The Morgan fingerprint density at radius 2 is 0.618 bits per heavy atom. The van der Waals surface area contributed by atoms with Gasteiger partial charge >= 0.3 is 11.9 Å². The molecule has 0 spiro atoms. The lowest BCUT2D eigenvalue weighted by atomic mass is 10.0. The molecular weight excluding hydrogens is 837 g/mol. The van der Waals surface area contributed by atoms with E-state index in [1.165, 1.54) is 231 Å². The van der Waals surface area contributed by atoms with Crippen LogP contribution in [0.2, 0.25) is 0 Å². The summed E-state index contributed by atoms with van der Waals surface area (Å²) in [7, 11) is 0. The maximum atomic E-state index is 12.9. The number of unbranched alkanes of at least 4 members (excludes halogenated alkanes) is 37. The van der Waals surface area contributed by atoms with Crippen LogP contribution in [0.25, 0.3) is 0 Å². The lowest BCUT2D eigenvalue weighted by Crippen LogP contribution is -2.30. The summed E-state index contributed by atoms with van der Waals surface area (Å²) in [6.45, 7) is 7.83. The van der Waals surface area contributed by atoms with E-state index in [1.54, 1.807) is 0 Å². The molecule has 5 nitrogen and oxygen atoms in total. The Morgan fingerprint density at radius 3 is 1.00 bits per heavy atom. The van der Waals surface area contributed by atoms with Gasteiger partial charge in [-0.05, 0) is 83.5 Å². The van der Waals surface area contributed by atoms with Gasteiger partial charge in [-0.25, -0.2) is 0 Å². The molecule has 68 heavy (non-hydrogen) atoms. The van der Waals surface area contributed by atoms with Gasteiger partial charge in [0.2, 0.25) is 0 Å². The molecule has 5 heteroatoms. The Morgan fingerprint density at radius 1 is 0.324 bits per heavy atom. The van der Waals surface area contributed by atoms with Crippen LogP contribution in [0.15, 0.2) is 48.6 Å². The summed E-state index contributed by atoms with van der Waals surface area (Å²) in [6, 6.07) is 0. The fourth-order valence-corrected chi connectivity index (χ4v) is 8.81.